The van der Waals surface area contributed by atoms with E-state index in [2.05, 4.69) is 4.74 Å². The topological polar surface area (TPSA) is 26.3 Å². The average molecular weight is 222 g/mol. The van der Waals surface area contributed by atoms with Gasteiger partial charge >= 0.3 is 12.1 Å². The van der Waals surface area contributed by atoms with E-state index in [0.29, 0.717) is 0 Å². The molecule has 0 N–H and O–H groups in total. The highest BCUT2D eigenvalue weighted by Crippen LogP contribution is 2.17. The van der Waals surface area contributed by atoms with Crippen LogP contribution in [0.15, 0.2) is 24.3 Å². The van der Waals surface area contributed by atoms with Gasteiger partial charge in [-0.15, -0.1) is 0 Å². The van der Waals surface area contributed by atoms with Gasteiger partial charge in [-0.3, -0.25) is 0 Å². The Morgan fingerprint density at radius 2 is 2.00 bits per heavy atom. The van der Waals surface area contributed by atoms with E-state index in [-0.39, 0.29) is 5.56 Å². The summed E-state index contributed by atoms with van der Waals surface area (Å²) in [6, 6.07) is 4.79. The first-order valence-corrected chi connectivity index (χ1v) is 3.88. The van der Waals surface area contributed by atoms with Gasteiger partial charge in [0.05, 0.1) is 0 Å². The number of esters is 1. The number of carbonyl (C=O) groups excluding carboxylic acids is 1. The fourth-order valence-corrected chi connectivity index (χ4v) is 0.857. The molecule has 1 aromatic rings. The molecule has 0 aromatic heterocycles. The zero-order valence-electron chi connectivity index (χ0n) is 7.34. The fourth-order valence-electron chi connectivity index (χ4n) is 0.857. The SMILES string of the molecule is O=C(OCc1cccc(F)c1)C(F)(F)F. The zero-order valence-corrected chi connectivity index (χ0v) is 7.34. The Morgan fingerprint density at radius 1 is 1.33 bits per heavy atom. The molecule has 0 bridgehead atoms. The Hall–Kier alpha value is -1.59. The summed E-state index contributed by atoms with van der Waals surface area (Å²) in [5, 5.41) is 0. The van der Waals surface area contributed by atoms with Gasteiger partial charge in [0.2, 0.25) is 0 Å². The lowest BCUT2D eigenvalue weighted by atomic mass is 10.2. The minimum atomic E-state index is -5.02. The van der Waals surface area contributed by atoms with E-state index in [1.165, 1.54) is 12.1 Å². The lowest BCUT2D eigenvalue weighted by Crippen LogP contribution is -2.25. The average Bonchev–Trinajstić information content (AvgIpc) is 2.12. The van der Waals surface area contributed by atoms with Crippen LogP contribution in [-0.2, 0) is 16.1 Å². The second kappa shape index (κ2) is 4.29. The van der Waals surface area contributed by atoms with E-state index in [1.807, 2.05) is 0 Å². The van der Waals surface area contributed by atoms with Crippen molar-refractivity contribution >= 4 is 5.97 Å². The molecule has 15 heavy (non-hydrogen) atoms. The summed E-state index contributed by atoms with van der Waals surface area (Å²) in [6.07, 6.45) is -5.02. The van der Waals surface area contributed by atoms with Crippen LogP contribution in [0, 0.1) is 5.82 Å². The molecule has 0 spiro atoms. The van der Waals surface area contributed by atoms with Crippen LogP contribution in [0.25, 0.3) is 0 Å². The highest BCUT2D eigenvalue weighted by molar-refractivity contribution is 5.75. The molecule has 6 heteroatoms. The van der Waals surface area contributed by atoms with Crippen molar-refractivity contribution in [1.29, 1.82) is 0 Å². The number of benzene rings is 1. The van der Waals surface area contributed by atoms with Gasteiger partial charge in [0.25, 0.3) is 0 Å². The summed E-state index contributed by atoms with van der Waals surface area (Å²) in [5.41, 5.74) is 0.160. The Balaban J connectivity index is 2.55. The standard InChI is InChI=1S/C9H6F4O2/c10-7-3-1-2-6(4-7)5-15-8(14)9(11,12)13/h1-4H,5H2. The van der Waals surface area contributed by atoms with Crippen molar-refractivity contribution in [2.45, 2.75) is 12.8 Å². The maximum atomic E-state index is 12.6. The summed E-state index contributed by atoms with van der Waals surface area (Å²) < 4.78 is 51.5. The normalized spacial score (nSPS) is 11.2. The monoisotopic (exact) mass is 222 g/mol. The molecule has 82 valence electrons. The third-order valence-corrected chi connectivity index (χ3v) is 1.49. The first-order chi connectivity index (χ1) is 6.89. The van der Waals surface area contributed by atoms with Crippen molar-refractivity contribution in [2.24, 2.45) is 0 Å². The van der Waals surface area contributed by atoms with Crippen molar-refractivity contribution in [3.63, 3.8) is 0 Å². The molecule has 0 saturated heterocycles. The number of carbonyl (C=O) groups is 1. The molecule has 0 amide bonds. The highest BCUT2D eigenvalue weighted by atomic mass is 19.4. The minimum Gasteiger partial charge on any atom is -0.454 e. The van der Waals surface area contributed by atoms with Crippen molar-refractivity contribution in [1.82, 2.24) is 0 Å². The summed E-state index contributed by atoms with van der Waals surface area (Å²) in [6.45, 7) is -0.601. The Labute approximate surface area is 82.5 Å². The van der Waals surface area contributed by atoms with Gasteiger partial charge < -0.3 is 4.74 Å². The van der Waals surface area contributed by atoms with Crippen molar-refractivity contribution in [3.05, 3.63) is 35.6 Å². The molecule has 0 aliphatic carbocycles. The largest absolute Gasteiger partial charge is 0.490 e. The minimum absolute atomic E-state index is 0.160. The molecule has 0 aliphatic heterocycles. The first-order valence-electron chi connectivity index (χ1n) is 3.88. The number of hydrogen-bond acceptors (Lipinski definition) is 2. The molecule has 0 aliphatic rings. The van der Waals surface area contributed by atoms with Gasteiger partial charge in [-0.25, -0.2) is 9.18 Å². The van der Waals surface area contributed by atoms with Crippen LogP contribution in [0.1, 0.15) is 5.56 Å². The maximum Gasteiger partial charge on any atom is 0.490 e. The molecular formula is C9H6F4O2. The van der Waals surface area contributed by atoms with Gasteiger partial charge in [0, 0.05) is 0 Å². The molecule has 0 heterocycles. The van der Waals surface area contributed by atoms with E-state index >= 15 is 0 Å². The molecule has 0 atom stereocenters. The third-order valence-electron chi connectivity index (χ3n) is 1.49. The fraction of sp³-hybridized carbons (Fsp3) is 0.222. The van der Waals surface area contributed by atoms with Crippen LogP contribution in [0.2, 0.25) is 0 Å². The molecule has 0 fully saturated rings. The summed E-state index contributed by atoms with van der Waals surface area (Å²) >= 11 is 0. The molecule has 1 rings (SSSR count). The van der Waals surface area contributed by atoms with Gasteiger partial charge in [-0.1, -0.05) is 12.1 Å². The van der Waals surface area contributed by atoms with E-state index < -0.39 is 24.6 Å². The van der Waals surface area contributed by atoms with Gasteiger partial charge in [-0.2, -0.15) is 13.2 Å². The van der Waals surface area contributed by atoms with Crippen LogP contribution in [0.4, 0.5) is 17.6 Å². The molecule has 2 nitrogen and oxygen atoms in total. The van der Waals surface area contributed by atoms with Crippen LogP contribution in [-0.4, -0.2) is 12.1 Å². The van der Waals surface area contributed by atoms with Crippen LogP contribution in [0.5, 0.6) is 0 Å². The third kappa shape index (κ3) is 3.57. The quantitative estimate of drug-likeness (QED) is 0.567. The predicted molar refractivity (Wildman–Crippen MR) is 42.3 cm³/mol. The number of alkyl halides is 3. The maximum absolute atomic E-state index is 12.6. The molecule has 0 saturated carbocycles. The predicted octanol–water partition coefficient (Wildman–Crippen LogP) is 2.43. The van der Waals surface area contributed by atoms with E-state index in [0.717, 1.165) is 12.1 Å². The second-order valence-electron chi connectivity index (χ2n) is 2.70. The van der Waals surface area contributed by atoms with Gasteiger partial charge in [0.1, 0.15) is 12.4 Å². The Bertz CT molecular complexity index is 359. The Kier molecular flexibility index (Phi) is 3.28. The van der Waals surface area contributed by atoms with Crippen LogP contribution >= 0.6 is 0 Å². The second-order valence-corrected chi connectivity index (χ2v) is 2.70. The molecule has 0 radical (unpaired) electrons. The van der Waals surface area contributed by atoms with Crippen molar-refractivity contribution in [2.75, 3.05) is 0 Å². The van der Waals surface area contributed by atoms with E-state index in [9.17, 15) is 22.4 Å². The lowest BCUT2D eigenvalue weighted by Gasteiger charge is -2.06. The van der Waals surface area contributed by atoms with Crippen LogP contribution in [0.3, 0.4) is 0 Å². The van der Waals surface area contributed by atoms with Crippen LogP contribution < -0.4 is 0 Å². The number of ether oxygens (including phenoxy) is 1. The molecule has 0 unspecified atom stereocenters. The Morgan fingerprint density at radius 3 is 2.53 bits per heavy atom. The smallest absolute Gasteiger partial charge is 0.454 e. The summed E-state index contributed by atoms with van der Waals surface area (Å²) in [7, 11) is 0. The van der Waals surface area contributed by atoms with Crippen molar-refractivity contribution in [3.8, 4) is 0 Å². The first kappa shape index (κ1) is 11.5. The van der Waals surface area contributed by atoms with Gasteiger partial charge in [0.15, 0.2) is 0 Å². The number of hydrogen-bond donors (Lipinski definition) is 0. The lowest BCUT2D eigenvalue weighted by molar-refractivity contribution is -0.201. The number of rotatable bonds is 2. The molecule has 1 aromatic carbocycles. The summed E-state index contributed by atoms with van der Waals surface area (Å²) in [5.74, 6) is -2.89. The van der Waals surface area contributed by atoms with E-state index in [1.54, 1.807) is 0 Å². The number of halogens is 4. The van der Waals surface area contributed by atoms with Crippen molar-refractivity contribution < 1.29 is 27.1 Å². The summed E-state index contributed by atoms with van der Waals surface area (Å²) in [4.78, 5) is 10.3. The molecular weight excluding hydrogens is 216 g/mol. The highest BCUT2D eigenvalue weighted by Gasteiger charge is 2.40. The van der Waals surface area contributed by atoms with E-state index in [4.69, 9.17) is 0 Å². The van der Waals surface area contributed by atoms with Gasteiger partial charge in [-0.05, 0) is 17.7 Å². The zero-order chi connectivity index (χ0) is 11.5.